The van der Waals surface area contributed by atoms with Crippen LogP contribution in [0.15, 0.2) is 0 Å². The van der Waals surface area contributed by atoms with Gasteiger partial charge in [0.05, 0.1) is 6.61 Å². The number of hydrogen-bond acceptors (Lipinski definition) is 2. The van der Waals surface area contributed by atoms with Gasteiger partial charge >= 0.3 is 6.03 Å². The van der Waals surface area contributed by atoms with E-state index in [0.717, 1.165) is 32.2 Å². The van der Waals surface area contributed by atoms with Crippen LogP contribution < -0.4 is 5.32 Å². The first-order chi connectivity index (χ1) is 8.77. The number of aliphatic hydroxyl groups is 1. The molecule has 0 atom stereocenters. The van der Waals surface area contributed by atoms with Crippen molar-refractivity contribution in [3.63, 3.8) is 0 Å². The van der Waals surface area contributed by atoms with E-state index in [1.807, 2.05) is 0 Å². The highest BCUT2D eigenvalue weighted by Gasteiger charge is 2.18. The van der Waals surface area contributed by atoms with Gasteiger partial charge < -0.3 is 15.3 Å². The maximum Gasteiger partial charge on any atom is 0.317 e. The Labute approximate surface area is 111 Å². The molecule has 0 heterocycles. The molecule has 0 spiro atoms. The Morgan fingerprint density at radius 3 is 2.44 bits per heavy atom. The highest BCUT2D eigenvalue weighted by Crippen LogP contribution is 2.17. The van der Waals surface area contributed by atoms with E-state index in [2.05, 4.69) is 12.2 Å². The third-order valence-corrected chi connectivity index (χ3v) is 3.62. The highest BCUT2D eigenvalue weighted by molar-refractivity contribution is 5.74. The van der Waals surface area contributed by atoms with Crippen LogP contribution in [0.4, 0.5) is 4.79 Å². The molecule has 0 aliphatic heterocycles. The molecule has 1 fully saturated rings. The second-order valence-corrected chi connectivity index (χ2v) is 5.20. The predicted molar refractivity (Wildman–Crippen MR) is 73.6 cm³/mol. The normalized spacial score (nSPS) is 17.2. The van der Waals surface area contributed by atoms with Gasteiger partial charge in [0.2, 0.25) is 0 Å². The number of carbonyl (C=O) groups is 1. The molecular formula is C14H28N2O2. The van der Waals surface area contributed by atoms with E-state index in [4.69, 9.17) is 5.11 Å². The molecule has 4 nitrogen and oxygen atoms in total. The second-order valence-electron chi connectivity index (χ2n) is 5.20. The van der Waals surface area contributed by atoms with Crippen LogP contribution in [-0.4, -0.2) is 41.8 Å². The summed E-state index contributed by atoms with van der Waals surface area (Å²) in [5.74, 6) is 0. The molecule has 1 rings (SSSR count). The van der Waals surface area contributed by atoms with Crippen molar-refractivity contribution in [2.24, 2.45) is 0 Å². The van der Waals surface area contributed by atoms with E-state index in [-0.39, 0.29) is 12.6 Å². The van der Waals surface area contributed by atoms with Crippen molar-refractivity contribution in [2.45, 2.75) is 64.3 Å². The van der Waals surface area contributed by atoms with Crippen LogP contribution in [-0.2, 0) is 0 Å². The van der Waals surface area contributed by atoms with Crippen LogP contribution in [0, 0.1) is 0 Å². The molecule has 0 unspecified atom stereocenters. The maximum atomic E-state index is 12.1. The van der Waals surface area contributed by atoms with Crippen molar-refractivity contribution in [2.75, 3.05) is 19.7 Å². The molecule has 4 heteroatoms. The third-order valence-electron chi connectivity index (χ3n) is 3.62. The SMILES string of the molecule is CCCCN(CCO)C(=O)NC1CCCCCC1. The van der Waals surface area contributed by atoms with E-state index in [1.54, 1.807) is 4.90 Å². The molecule has 0 radical (unpaired) electrons. The van der Waals surface area contributed by atoms with Gasteiger partial charge in [-0.15, -0.1) is 0 Å². The molecule has 1 saturated carbocycles. The zero-order valence-corrected chi connectivity index (χ0v) is 11.7. The molecule has 1 aliphatic rings. The smallest absolute Gasteiger partial charge is 0.317 e. The largest absolute Gasteiger partial charge is 0.395 e. The number of carbonyl (C=O) groups excluding carboxylic acids is 1. The Kier molecular flexibility index (Phi) is 7.81. The van der Waals surface area contributed by atoms with E-state index >= 15 is 0 Å². The summed E-state index contributed by atoms with van der Waals surface area (Å²) in [4.78, 5) is 13.9. The average molecular weight is 256 g/mol. The van der Waals surface area contributed by atoms with Crippen LogP contribution in [0.3, 0.4) is 0 Å². The van der Waals surface area contributed by atoms with Gasteiger partial charge in [-0.05, 0) is 19.3 Å². The number of nitrogens with zero attached hydrogens (tertiary/aromatic N) is 1. The standard InChI is InChI=1S/C14H28N2O2/c1-2-3-10-16(11-12-17)14(18)15-13-8-6-4-5-7-9-13/h13,17H,2-12H2,1H3,(H,15,18). The minimum absolute atomic E-state index is 0.00407. The Hall–Kier alpha value is -0.770. The number of urea groups is 1. The van der Waals surface area contributed by atoms with E-state index in [9.17, 15) is 4.79 Å². The van der Waals surface area contributed by atoms with Crippen LogP contribution in [0.25, 0.3) is 0 Å². The lowest BCUT2D eigenvalue weighted by atomic mass is 10.1. The van der Waals surface area contributed by atoms with Crippen LogP contribution in [0.2, 0.25) is 0 Å². The first-order valence-electron chi connectivity index (χ1n) is 7.44. The first-order valence-corrected chi connectivity index (χ1v) is 7.44. The van der Waals surface area contributed by atoms with Gasteiger partial charge in [-0.25, -0.2) is 4.79 Å². The number of unbranched alkanes of at least 4 members (excludes halogenated alkanes) is 1. The fourth-order valence-corrected chi connectivity index (χ4v) is 2.47. The van der Waals surface area contributed by atoms with Crippen molar-refractivity contribution >= 4 is 6.03 Å². The zero-order chi connectivity index (χ0) is 13.2. The number of rotatable bonds is 6. The average Bonchev–Trinajstić information content (AvgIpc) is 2.63. The molecule has 106 valence electrons. The lowest BCUT2D eigenvalue weighted by Gasteiger charge is -2.25. The monoisotopic (exact) mass is 256 g/mol. The van der Waals surface area contributed by atoms with Crippen molar-refractivity contribution in [3.05, 3.63) is 0 Å². The van der Waals surface area contributed by atoms with Gasteiger partial charge in [0, 0.05) is 19.1 Å². The minimum Gasteiger partial charge on any atom is -0.395 e. The minimum atomic E-state index is 0.00407. The molecule has 0 aromatic carbocycles. The molecule has 0 aromatic rings. The lowest BCUT2D eigenvalue weighted by molar-refractivity contribution is 0.172. The second kappa shape index (κ2) is 9.20. The number of aliphatic hydroxyl groups excluding tert-OH is 1. The van der Waals surface area contributed by atoms with Gasteiger partial charge in [0.1, 0.15) is 0 Å². The molecule has 18 heavy (non-hydrogen) atoms. The fourth-order valence-electron chi connectivity index (χ4n) is 2.47. The summed E-state index contributed by atoms with van der Waals surface area (Å²) < 4.78 is 0. The number of hydrogen-bond donors (Lipinski definition) is 2. The molecule has 1 aliphatic carbocycles. The molecule has 2 amide bonds. The first kappa shape index (κ1) is 15.3. The van der Waals surface area contributed by atoms with Crippen LogP contribution in [0.1, 0.15) is 58.3 Å². The summed E-state index contributed by atoms with van der Waals surface area (Å²) in [7, 11) is 0. The van der Waals surface area contributed by atoms with Crippen molar-refractivity contribution in [3.8, 4) is 0 Å². The molecular weight excluding hydrogens is 228 g/mol. The fraction of sp³-hybridized carbons (Fsp3) is 0.929. The van der Waals surface area contributed by atoms with Gasteiger partial charge in [-0.1, -0.05) is 39.0 Å². The summed E-state index contributed by atoms with van der Waals surface area (Å²) in [5, 5.41) is 12.1. The van der Waals surface area contributed by atoms with E-state index in [1.165, 1.54) is 25.7 Å². The number of amides is 2. The van der Waals surface area contributed by atoms with Crippen molar-refractivity contribution in [1.82, 2.24) is 10.2 Å². The van der Waals surface area contributed by atoms with Gasteiger partial charge in [-0.2, -0.15) is 0 Å². The lowest BCUT2D eigenvalue weighted by Crippen LogP contribution is -2.46. The molecule has 0 saturated heterocycles. The van der Waals surface area contributed by atoms with Crippen LogP contribution in [0.5, 0.6) is 0 Å². The topological polar surface area (TPSA) is 52.6 Å². The zero-order valence-electron chi connectivity index (χ0n) is 11.7. The maximum absolute atomic E-state index is 12.1. The van der Waals surface area contributed by atoms with Crippen LogP contribution >= 0.6 is 0 Å². The summed E-state index contributed by atoms with van der Waals surface area (Å²) >= 11 is 0. The molecule has 0 aromatic heterocycles. The highest BCUT2D eigenvalue weighted by atomic mass is 16.3. The quantitative estimate of drug-likeness (QED) is 0.717. The van der Waals surface area contributed by atoms with Crippen molar-refractivity contribution in [1.29, 1.82) is 0 Å². The van der Waals surface area contributed by atoms with Gasteiger partial charge in [0.25, 0.3) is 0 Å². The molecule has 0 bridgehead atoms. The predicted octanol–water partition coefficient (Wildman–Crippen LogP) is 2.51. The molecule has 2 N–H and O–H groups in total. The van der Waals surface area contributed by atoms with E-state index in [0.29, 0.717) is 12.6 Å². The Morgan fingerprint density at radius 1 is 1.22 bits per heavy atom. The summed E-state index contributed by atoms with van der Waals surface area (Å²) in [6.45, 7) is 3.34. The Morgan fingerprint density at radius 2 is 1.89 bits per heavy atom. The summed E-state index contributed by atoms with van der Waals surface area (Å²) in [6, 6.07) is 0.340. The summed E-state index contributed by atoms with van der Waals surface area (Å²) in [5.41, 5.74) is 0. The number of nitrogens with one attached hydrogen (secondary N) is 1. The van der Waals surface area contributed by atoms with Gasteiger partial charge in [0.15, 0.2) is 0 Å². The van der Waals surface area contributed by atoms with Crippen molar-refractivity contribution < 1.29 is 9.90 Å². The van der Waals surface area contributed by atoms with Gasteiger partial charge in [-0.3, -0.25) is 0 Å². The third kappa shape index (κ3) is 5.71. The Bertz CT molecular complexity index is 226. The van der Waals surface area contributed by atoms with E-state index < -0.39 is 0 Å². The Balaban J connectivity index is 2.38. The summed E-state index contributed by atoms with van der Waals surface area (Å²) in [6.07, 6.45) is 9.31.